The number of aromatic nitrogens is 4. The average molecular weight is 507 g/mol. The van der Waals surface area contributed by atoms with E-state index in [1.807, 2.05) is 30.6 Å². The number of hydrogen-bond acceptors (Lipinski definition) is 6. The van der Waals surface area contributed by atoms with Crippen molar-refractivity contribution in [1.82, 2.24) is 19.9 Å². The maximum atomic E-state index is 6.39. The second-order valence-electron chi connectivity index (χ2n) is 10.0. The molecule has 5 heterocycles. The Morgan fingerprint density at radius 3 is 2.38 bits per heavy atom. The number of para-hydroxylation sites is 2. The zero-order chi connectivity index (χ0) is 24.8. The lowest BCUT2D eigenvalue weighted by molar-refractivity contribution is 0.480. The molecule has 184 valence electrons. The number of rotatable bonds is 4. The molecule has 7 rings (SSSR count). The van der Waals surface area contributed by atoms with Crippen LogP contribution in [0.1, 0.15) is 36.1 Å². The molecule has 2 saturated heterocycles. The van der Waals surface area contributed by atoms with Gasteiger partial charge < -0.3 is 9.80 Å². The normalized spacial score (nSPS) is 16.9. The maximum absolute atomic E-state index is 6.39. The van der Waals surface area contributed by atoms with E-state index >= 15 is 0 Å². The lowest BCUT2D eigenvalue weighted by Gasteiger charge is -2.41. The van der Waals surface area contributed by atoms with Gasteiger partial charge in [0.05, 0.1) is 21.7 Å². The average Bonchev–Trinajstić information content (AvgIpc) is 2.93. The summed E-state index contributed by atoms with van der Waals surface area (Å²) in [5.74, 6) is 2.82. The van der Waals surface area contributed by atoms with E-state index in [1.54, 1.807) is 0 Å². The summed E-state index contributed by atoms with van der Waals surface area (Å²) in [6.07, 6.45) is 5.78. The summed E-state index contributed by atoms with van der Waals surface area (Å²) in [5, 5.41) is 2.95. The van der Waals surface area contributed by atoms with E-state index in [4.69, 9.17) is 31.5 Å². The Morgan fingerprint density at radius 1 is 0.703 bits per heavy atom. The van der Waals surface area contributed by atoms with Gasteiger partial charge in [-0.1, -0.05) is 48.0 Å². The summed E-state index contributed by atoms with van der Waals surface area (Å²) in [6.45, 7) is 3.69. The van der Waals surface area contributed by atoms with Gasteiger partial charge in [0, 0.05) is 66.9 Å². The third-order valence-electron chi connectivity index (χ3n) is 7.79. The van der Waals surface area contributed by atoms with Gasteiger partial charge in [-0.3, -0.25) is 9.97 Å². The fourth-order valence-electron chi connectivity index (χ4n) is 5.68. The molecule has 2 aliphatic heterocycles. The van der Waals surface area contributed by atoms with Gasteiger partial charge in [-0.05, 0) is 43.2 Å². The van der Waals surface area contributed by atoms with E-state index < -0.39 is 0 Å². The molecule has 2 aromatic carbocycles. The predicted octanol–water partition coefficient (Wildman–Crippen LogP) is 6.21. The van der Waals surface area contributed by atoms with Gasteiger partial charge in [0.1, 0.15) is 5.82 Å². The summed E-state index contributed by atoms with van der Waals surface area (Å²) in [7, 11) is 0. The monoisotopic (exact) mass is 506 g/mol. The molecule has 2 aliphatic rings. The van der Waals surface area contributed by atoms with E-state index in [1.165, 1.54) is 11.1 Å². The summed E-state index contributed by atoms with van der Waals surface area (Å²) < 4.78 is 0. The van der Waals surface area contributed by atoms with Crippen LogP contribution in [0.15, 0.2) is 79.1 Å². The summed E-state index contributed by atoms with van der Waals surface area (Å²) in [4.78, 5) is 24.1. The van der Waals surface area contributed by atoms with Gasteiger partial charge in [-0.15, -0.1) is 0 Å². The minimum atomic E-state index is 0.340. The van der Waals surface area contributed by atoms with Crippen LogP contribution in [0.4, 0.5) is 11.6 Å². The number of benzene rings is 2. The Kier molecular flexibility index (Phi) is 5.62. The molecule has 0 N–H and O–H groups in total. The van der Waals surface area contributed by atoms with Crippen molar-refractivity contribution in [3.05, 3.63) is 95.5 Å². The highest BCUT2D eigenvalue weighted by Gasteiger charge is 2.34. The fourth-order valence-corrected chi connectivity index (χ4v) is 5.91. The van der Waals surface area contributed by atoms with Gasteiger partial charge >= 0.3 is 0 Å². The minimum absolute atomic E-state index is 0.340. The van der Waals surface area contributed by atoms with Crippen LogP contribution in [0.5, 0.6) is 0 Å². The number of halogens is 1. The van der Waals surface area contributed by atoms with Crippen LogP contribution < -0.4 is 9.80 Å². The highest BCUT2D eigenvalue weighted by atomic mass is 35.5. The first-order valence-electron chi connectivity index (χ1n) is 12.9. The van der Waals surface area contributed by atoms with Crippen molar-refractivity contribution in [2.75, 3.05) is 36.0 Å². The van der Waals surface area contributed by atoms with Crippen molar-refractivity contribution in [3.63, 3.8) is 0 Å². The first-order chi connectivity index (χ1) is 18.2. The predicted molar refractivity (Wildman–Crippen MR) is 150 cm³/mol. The third-order valence-corrected chi connectivity index (χ3v) is 8.09. The highest BCUT2D eigenvalue weighted by Crippen LogP contribution is 2.37. The van der Waals surface area contributed by atoms with Crippen LogP contribution in [-0.4, -0.2) is 46.1 Å². The zero-order valence-electron chi connectivity index (χ0n) is 20.5. The Labute approximate surface area is 221 Å². The van der Waals surface area contributed by atoms with Crippen LogP contribution in [0.2, 0.25) is 5.02 Å². The lowest BCUT2D eigenvalue weighted by atomic mass is 9.91. The number of pyridine rings is 2. The molecule has 3 aromatic heterocycles. The van der Waals surface area contributed by atoms with Crippen molar-refractivity contribution >= 4 is 45.0 Å². The van der Waals surface area contributed by atoms with Crippen LogP contribution in [0.3, 0.4) is 0 Å². The van der Waals surface area contributed by atoms with E-state index in [-0.39, 0.29) is 0 Å². The van der Waals surface area contributed by atoms with E-state index in [9.17, 15) is 0 Å². The van der Waals surface area contributed by atoms with Crippen molar-refractivity contribution in [1.29, 1.82) is 0 Å². The molecule has 7 heteroatoms. The molecule has 0 aliphatic carbocycles. The van der Waals surface area contributed by atoms with Crippen LogP contribution in [-0.2, 0) is 0 Å². The van der Waals surface area contributed by atoms with Gasteiger partial charge in [0.25, 0.3) is 0 Å². The molecular weight excluding hydrogens is 480 g/mol. The Bertz CT molecular complexity index is 1590. The SMILES string of the molecule is Clc1cccc2ccc(N3CC(c4nccnc4N4CCC(c5ccc6ccccc6n5)CC4)C3)nc12. The molecule has 0 radical (unpaired) electrons. The smallest absolute Gasteiger partial charge is 0.150 e. The first kappa shape index (κ1) is 22.4. The Morgan fingerprint density at radius 2 is 1.49 bits per heavy atom. The molecule has 37 heavy (non-hydrogen) atoms. The highest BCUT2D eigenvalue weighted by molar-refractivity contribution is 6.35. The fraction of sp³-hybridized carbons (Fsp3) is 0.267. The molecule has 0 atom stereocenters. The zero-order valence-corrected chi connectivity index (χ0v) is 21.2. The van der Waals surface area contributed by atoms with Gasteiger partial charge in [-0.2, -0.15) is 0 Å². The van der Waals surface area contributed by atoms with Crippen LogP contribution in [0, 0.1) is 0 Å². The quantitative estimate of drug-likeness (QED) is 0.288. The largest absolute Gasteiger partial charge is 0.355 e. The molecule has 0 spiro atoms. The molecule has 0 unspecified atom stereocenters. The van der Waals surface area contributed by atoms with E-state index in [0.717, 1.165) is 72.8 Å². The molecule has 0 saturated carbocycles. The number of hydrogen-bond donors (Lipinski definition) is 0. The molecule has 2 fully saturated rings. The van der Waals surface area contributed by atoms with Gasteiger partial charge in [0.2, 0.25) is 0 Å². The molecule has 5 aromatic rings. The van der Waals surface area contributed by atoms with Crippen molar-refractivity contribution in [3.8, 4) is 0 Å². The summed E-state index contributed by atoms with van der Waals surface area (Å²) in [5.41, 5.74) is 4.24. The van der Waals surface area contributed by atoms with Crippen molar-refractivity contribution in [2.24, 2.45) is 0 Å². The van der Waals surface area contributed by atoms with Crippen molar-refractivity contribution in [2.45, 2.75) is 24.7 Å². The summed E-state index contributed by atoms with van der Waals surface area (Å²) >= 11 is 6.39. The summed E-state index contributed by atoms with van der Waals surface area (Å²) in [6, 6.07) is 22.8. The number of piperidine rings is 1. The number of fused-ring (bicyclic) bond motifs is 2. The first-order valence-corrected chi connectivity index (χ1v) is 13.3. The minimum Gasteiger partial charge on any atom is -0.355 e. The molecule has 0 bridgehead atoms. The topological polar surface area (TPSA) is 58.0 Å². The number of nitrogens with zero attached hydrogens (tertiary/aromatic N) is 6. The van der Waals surface area contributed by atoms with Gasteiger partial charge in [0.15, 0.2) is 5.82 Å². The molecular formula is C30H27ClN6. The van der Waals surface area contributed by atoms with E-state index in [2.05, 4.69) is 58.3 Å². The second-order valence-corrected chi connectivity index (χ2v) is 10.4. The van der Waals surface area contributed by atoms with Gasteiger partial charge in [-0.25, -0.2) is 9.97 Å². The molecule has 6 nitrogen and oxygen atoms in total. The van der Waals surface area contributed by atoms with Crippen molar-refractivity contribution < 1.29 is 0 Å². The van der Waals surface area contributed by atoms with Crippen LogP contribution >= 0.6 is 11.6 Å². The third kappa shape index (κ3) is 4.15. The second kappa shape index (κ2) is 9.27. The Balaban J connectivity index is 1.05. The van der Waals surface area contributed by atoms with Crippen LogP contribution in [0.25, 0.3) is 21.8 Å². The van der Waals surface area contributed by atoms with E-state index in [0.29, 0.717) is 16.9 Å². The standard InChI is InChI=1S/C30H27ClN6/c31-24-6-3-5-22-9-11-27(35-28(22)24)37-18-23(19-37)29-30(33-15-14-32-29)36-16-12-21(13-17-36)26-10-8-20-4-1-2-7-25(20)34-26/h1-11,14-15,21,23H,12-13,16-19H2. The number of anilines is 2. The maximum Gasteiger partial charge on any atom is 0.150 e. The Hall–Kier alpha value is -3.77. The molecule has 0 amide bonds. The lowest BCUT2D eigenvalue weighted by Crippen LogP contribution is -2.47.